The number of para-hydroxylation sites is 1. The van der Waals surface area contributed by atoms with Gasteiger partial charge in [-0.25, -0.2) is 0 Å². The molecule has 1 unspecified atom stereocenters. The van der Waals surface area contributed by atoms with Crippen LogP contribution >= 0.6 is 22.9 Å². The van der Waals surface area contributed by atoms with E-state index in [9.17, 15) is 4.79 Å². The Labute approximate surface area is 191 Å². The Balaban J connectivity index is 1.42. The number of amides is 1. The fourth-order valence-corrected chi connectivity index (χ4v) is 4.57. The molecule has 1 amide bonds. The molecular weight excluding hydrogens is 432 g/mol. The Hall–Kier alpha value is -2.38. The average Bonchev–Trinajstić information content (AvgIpc) is 3.34. The van der Waals surface area contributed by atoms with Gasteiger partial charge in [-0.3, -0.25) is 9.69 Å². The van der Waals surface area contributed by atoms with Gasteiger partial charge in [0.1, 0.15) is 12.4 Å². The molecule has 1 aliphatic heterocycles. The molecule has 1 saturated heterocycles. The van der Waals surface area contributed by atoms with Crippen LogP contribution in [0.3, 0.4) is 0 Å². The molecule has 0 bridgehead atoms. The Morgan fingerprint density at radius 1 is 1.10 bits per heavy atom. The molecular formula is C24H25ClN2O3S. The van der Waals surface area contributed by atoms with Crippen LogP contribution in [0.4, 0.5) is 0 Å². The van der Waals surface area contributed by atoms with Gasteiger partial charge in [0.05, 0.1) is 24.8 Å². The second-order valence-corrected chi connectivity index (χ2v) is 8.72. The van der Waals surface area contributed by atoms with E-state index in [-0.39, 0.29) is 11.9 Å². The van der Waals surface area contributed by atoms with Crippen LogP contribution in [-0.4, -0.2) is 43.7 Å². The molecule has 2 heterocycles. The number of carbonyl (C=O) groups excluding carboxylic acids is 1. The van der Waals surface area contributed by atoms with Crippen LogP contribution in [0.2, 0.25) is 5.02 Å². The summed E-state index contributed by atoms with van der Waals surface area (Å²) in [5.74, 6) is 0.426. The topological polar surface area (TPSA) is 50.8 Å². The van der Waals surface area contributed by atoms with Gasteiger partial charge in [0.15, 0.2) is 0 Å². The van der Waals surface area contributed by atoms with Crippen molar-refractivity contribution in [3.05, 3.63) is 87.1 Å². The Kier molecular flexibility index (Phi) is 7.59. The van der Waals surface area contributed by atoms with E-state index in [0.29, 0.717) is 29.5 Å². The van der Waals surface area contributed by atoms with E-state index in [1.165, 1.54) is 4.88 Å². The number of nitrogens with zero attached hydrogens (tertiary/aromatic N) is 1. The normalized spacial score (nSPS) is 15.4. The van der Waals surface area contributed by atoms with Crippen LogP contribution in [0.5, 0.6) is 5.75 Å². The molecule has 1 atom stereocenters. The fourth-order valence-electron chi connectivity index (χ4n) is 3.59. The SMILES string of the molecule is O=C(NCC(c1cccs1)N1CCOCC1)c1ccccc1OCc1ccc(Cl)cc1. The highest BCUT2D eigenvalue weighted by Gasteiger charge is 2.24. The lowest BCUT2D eigenvalue weighted by atomic mass is 10.1. The summed E-state index contributed by atoms with van der Waals surface area (Å²) in [6, 6.07) is 19.1. The van der Waals surface area contributed by atoms with Crippen molar-refractivity contribution in [2.24, 2.45) is 0 Å². The Morgan fingerprint density at radius 3 is 2.61 bits per heavy atom. The van der Waals surface area contributed by atoms with E-state index in [1.807, 2.05) is 42.5 Å². The van der Waals surface area contributed by atoms with Crippen molar-refractivity contribution >= 4 is 28.8 Å². The molecule has 5 nitrogen and oxygen atoms in total. The Morgan fingerprint density at radius 2 is 1.87 bits per heavy atom. The van der Waals surface area contributed by atoms with Gasteiger partial charge in [-0.15, -0.1) is 11.3 Å². The highest BCUT2D eigenvalue weighted by molar-refractivity contribution is 7.10. The number of hydrogen-bond donors (Lipinski definition) is 1. The predicted octanol–water partition coefficient (Wildman–Crippen LogP) is 4.78. The largest absolute Gasteiger partial charge is 0.488 e. The molecule has 7 heteroatoms. The minimum atomic E-state index is -0.137. The summed E-state index contributed by atoms with van der Waals surface area (Å²) in [7, 11) is 0. The number of rotatable bonds is 8. The molecule has 2 aromatic carbocycles. The van der Waals surface area contributed by atoms with E-state index in [1.54, 1.807) is 17.4 Å². The molecule has 162 valence electrons. The number of ether oxygens (including phenoxy) is 2. The summed E-state index contributed by atoms with van der Waals surface area (Å²) < 4.78 is 11.4. The van der Waals surface area contributed by atoms with Crippen molar-refractivity contribution in [1.82, 2.24) is 10.2 Å². The first-order chi connectivity index (χ1) is 15.2. The van der Waals surface area contributed by atoms with E-state index in [0.717, 1.165) is 31.9 Å². The number of nitrogens with one attached hydrogen (secondary N) is 1. The second-order valence-electron chi connectivity index (χ2n) is 7.30. The quantitative estimate of drug-likeness (QED) is 0.529. The van der Waals surface area contributed by atoms with Crippen molar-refractivity contribution in [3.63, 3.8) is 0 Å². The van der Waals surface area contributed by atoms with Crippen LogP contribution in [0.25, 0.3) is 0 Å². The van der Waals surface area contributed by atoms with Gasteiger partial charge in [-0.05, 0) is 41.3 Å². The minimum Gasteiger partial charge on any atom is -0.488 e. The molecule has 0 spiro atoms. The molecule has 4 rings (SSSR count). The summed E-state index contributed by atoms with van der Waals surface area (Å²) in [6.45, 7) is 4.06. The molecule has 1 N–H and O–H groups in total. The molecule has 0 aliphatic carbocycles. The molecule has 3 aromatic rings. The zero-order valence-electron chi connectivity index (χ0n) is 17.1. The molecule has 1 fully saturated rings. The number of carbonyl (C=O) groups is 1. The second kappa shape index (κ2) is 10.8. The van der Waals surface area contributed by atoms with Gasteiger partial charge in [-0.2, -0.15) is 0 Å². The lowest BCUT2D eigenvalue weighted by Gasteiger charge is -2.34. The van der Waals surface area contributed by atoms with Crippen LogP contribution < -0.4 is 10.1 Å². The summed E-state index contributed by atoms with van der Waals surface area (Å²) in [6.07, 6.45) is 0. The third-order valence-electron chi connectivity index (χ3n) is 5.25. The van der Waals surface area contributed by atoms with E-state index in [2.05, 4.69) is 27.7 Å². The Bertz CT molecular complexity index is 973. The third-order valence-corrected chi connectivity index (χ3v) is 6.48. The van der Waals surface area contributed by atoms with Gasteiger partial charge in [0, 0.05) is 29.5 Å². The number of thiophene rings is 1. The fraction of sp³-hybridized carbons (Fsp3) is 0.292. The first-order valence-electron chi connectivity index (χ1n) is 10.3. The van der Waals surface area contributed by atoms with Crippen LogP contribution in [0, 0.1) is 0 Å². The highest BCUT2D eigenvalue weighted by atomic mass is 35.5. The third kappa shape index (κ3) is 5.86. The van der Waals surface area contributed by atoms with Crippen LogP contribution in [0.1, 0.15) is 26.8 Å². The summed E-state index contributed by atoms with van der Waals surface area (Å²) >= 11 is 7.66. The zero-order chi connectivity index (χ0) is 21.5. The number of benzene rings is 2. The standard InChI is InChI=1S/C24H25ClN2O3S/c25-19-9-7-18(8-10-19)17-30-22-5-2-1-4-20(22)24(28)26-16-21(23-6-3-15-31-23)27-11-13-29-14-12-27/h1-10,15,21H,11-14,16-17H2,(H,26,28). The molecule has 0 saturated carbocycles. The number of hydrogen-bond acceptors (Lipinski definition) is 5. The lowest BCUT2D eigenvalue weighted by molar-refractivity contribution is 0.0169. The van der Waals surface area contributed by atoms with Gasteiger partial charge in [0.2, 0.25) is 0 Å². The smallest absolute Gasteiger partial charge is 0.255 e. The maximum Gasteiger partial charge on any atom is 0.255 e. The van der Waals surface area contributed by atoms with Crippen molar-refractivity contribution in [2.45, 2.75) is 12.6 Å². The van der Waals surface area contributed by atoms with Crippen LogP contribution in [-0.2, 0) is 11.3 Å². The predicted molar refractivity (Wildman–Crippen MR) is 124 cm³/mol. The van der Waals surface area contributed by atoms with Crippen LogP contribution in [0.15, 0.2) is 66.0 Å². The zero-order valence-corrected chi connectivity index (χ0v) is 18.7. The molecule has 0 radical (unpaired) electrons. The van der Waals surface area contributed by atoms with Crippen molar-refractivity contribution in [3.8, 4) is 5.75 Å². The molecule has 1 aromatic heterocycles. The van der Waals surface area contributed by atoms with Crippen molar-refractivity contribution in [1.29, 1.82) is 0 Å². The summed E-state index contributed by atoms with van der Waals surface area (Å²) in [5, 5.41) is 5.88. The summed E-state index contributed by atoms with van der Waals surface area (Å²) in [4.78, 5) is 16.6. The van der Waals surface area contributed by atoms with Crippen molar-refractivity contribution < 1.29 is 14.3 Å². The molecule has 1 aliphatic rings. The first kappa shape index (κ1) is 21.8. The number of halogens is 1. The van der Waals surface area contributed by atoms with Gasteiger partial charge >= 0.3 is 0 Å². The summed E-state index contributed by atoms with van der Waals surface area (Å²) in [5.41, 5.74) is 1.52. The monoisotopic (exact) mass is 456 g/mol. The first-order valence-corrected chi connectivity index (χ1v) is 11.6. The van der Waals surface area contributed by atoms with E-state index < -0.39 is 0 Å². The maximum absolute atomic E-state index is 13.0. The minimum absolute atomic E-state index is 0.134. The number of morpholine rings is 1. The van der Waals surface area contributed by atoms with Gasteiger partial charge in [0.25, 0.3) is 5.91 Å². The van der Waals surface area contributed by atoms with Gasteiger partial charge < -0.3 is 14.8 Å². The lowest BCUT2D eigenvalue weighted by Crippen LogP contribution is -2.43. The van der Waals surface area contributed by atoms with Crippen molar-refractivity contribution in [2.75, 3.05) is 32.8 Å². The van der Waals surface area contributed by atoms with Gasteiger partial charge in [-0.1, -0.05) is 41.9 Å². The van der Waals surface area contributed by atoms with E-state index >= 15 is 0 Å². The molecule has 31 heavy (non-hydrogen) atoms. The average molecular weight is 457 g/mol. The van der Waals surface area contributed by atoms with E-state index in [4.69, 9.17) is 21.1 Å². The maximum atomic E-state index is 13.0. The highest BCUT2D eigenvalue weighted by Crippen LogP contribution is 2.26.